The fourth-order valence-electron chi connectivity index (χ4n) is 2.73. The van der Waals surface area contributed by atoms with Crippen LogP contribution in [0.4, 0.5) is 17.1 Å². The first-order chi connectivity index (χ1) is 15.1. The second-order valence-electron chi connectivity index (χ2n) is 6.40. The minimum absolute atomic E-state index is 0.168. The summed E-state index contributed by atoms with van der Waals surface area (Å²) >= 11 is 0. The Bertz CT molecular complexity index is 1020. The van der Waals surface area contributed by atoms with Crippen molar-refractivity contribution in [3.8, 4) is 5.75 Å². The molecule has 162 valence electrons. The second kappa shape index (κ2) is 10.7. The monoisotopic (exact) mass is 426 g/mol. The quantitative estimate of drug-likeness (QED) is 0.271. The van der Waals surface area contributed by atoms with Crippen LogP contribution in [0.1, 0.15) is 10.4 Å². The summed E-state index contributed by atoms with van der Waals surface area (Å²) < 4.78 is 12.2. The van der Waals surface area contributed by atoms with E-state index in [9.17, 15) is 14.9 Å². The number of benzene rings is 2. The van der Waals surface area contributed by atoms with E-state index in [4.69, 9.17) is 9.47 Å². The van der Waals surface area contributed by atoms with Gasteiger partial charge in [-0.05, 0) is 24.3 Å². The van der Waals surface area contributed by atoms with Crippen LogP contribution < -0.4 is 15.4 Å². The van der Waals surface area contributed by atoms with Gasteiger partial charge >= 0.3 is 0 Å². The van der Waals surface area contributed by atoms with Crippen LogP contribution in [0.25, 0.3) is 0 Å². The topological polar surface area (TPSA) is 133 Å². The number of carbonyl (C=O) groups is 1. The molecular weight excluding hydrogens is 404 g/mol. The highest BCUT2D eigenvalue weighted by molar-refractivity contribution is 6.05. The summed E-state index contributed by atoms with van der Waals surface area (Å²) in [6, 6.07) is 11.2. The van der Waals surface area contributed by atoms with E-state index in [2.05, 4.69) is 20.7 Å². The molecule has 3 rings (SSSR count). The van der Waals surface area contributed by atoms with Gasteiger partial charge in [-0.25, -0.2) is 9.67 Å². The van der Waals surface area contributed by atoms with E-state index >= 15 is 0 Å². The van der Waals surface area contributed by atoms with Gasteiger partial charge in [0.25, 0.3) is 11.6 Å². The molecule has 1 amide bonds. The number of nitrogens with one attached hydrogen (secondary N) is 2. The van der Waals surface area contributed by atoms with Crippen molar-refractivity contribution in [3.05, 3.63) is 70.8 Å². The van der Waals surface area contributed by atoms with Gasteiger partial charge in [0.2, 0.25) is 0 Å². The number of aromatic nitrogens is 3. The number of ether oxygens (including phenoxy) is 2. The fourth-order valence-corrected chi connectivity index (χ4v) is 2.73. The Morgan fingerprint density at radius 2 is 2.10 bits per heavy atom. The van der Waals surface area contributed by atoms with Crippen LogP contribution in [0, 0.1) is 10.1 Å². The van der Waals surface area contributed by atoms with Gasteiger partial charge in [0.15, 0.2) is 0 Å². The molecular formula is C20H22N6O5. The van der Waals surface area contributed by atoms with Gasteiger partial charge in [-0.2, -0.15) is 5.10 Å². The lowest BCUT2D eigenvalue weighted by Crippen LogP contribution is -2.14. The molecule has 1 aromatic heterocycles. The molecule has 0 aliphatic heterocycles. The molecule has 0 bridgehead atoms. The lowest BCUT2D eigenvalue weighted by molar-refractivity contribution is -0.384. The van der Waals surface area contributed by atoms with Gasteiger partial charge < -0.3 is 20.1 Å². The normalized spacial score (nSPS) is 10.5. The molecule has 11 nitrogen and oxygen atoms in total. The first kappa shape index (κ1) is 21.7. The summed E-state index contributed by atoms with van der Waals surface area (Å²) in [5, 5.41) is 21.0. The first-order valence-electron chi connectivity index (χ1n) is 9.44. The number of amides is 1. The molecule has 0 saturated heterocycles. The summed E-state index contributed by atoms with van der Waals surface area (Å²) in [7, 11) is 1.54. The second-order valence-corrected chi connectivity index (χ2v) is 6.40. The highest BCUT2D eigenvalue weighted by Crippen LogP contribution is 2.26. The Morgan fingerprint density at radius 1 is 1.23 bits per heavy atom. The standard InChI is InChI=1S/C20H22N6O5/c1-30-9-7-22-18-6-5-15(11-19(18)26(28)29)20(27)24-16-3-2-4-17(12-16)31-10-8-25-14-21-13-23-25/h2-6,11-14,22H,7-10H2,1H3,(H,24,27). The summed E-state index contributed by atoms with van der Waals surface area (Å²) in [4.78, 5) is 27.3. The maximum atomic E-state index is 12.6. The van der Waals surface area contributed by atoms with E-state index in [0.717, 1.165) is 0 Å². The highest BCUT2D eigenvalue weighted by Gasteiger charge is 2.17. The molecule has 0 saturated carbocycles. The van der Waals surface area contributed by atoms with E-state index in [1.807, 2.05) is 0 Å². The highest BCUT2D eigenvalue weighted by atomic mass is 16.6. The summed E-state index contributed by atoms with van der Waals surface area (Å²) in [5.74, 6) is 0.105. The van der Waals surface area contributed by atoms with Crippen LogP contribution in [0.5, 0.6) is 5.75 Å². The maximum Gasteiger partial charge on any atom is 0.293 e. The molecule has 3 aromatic rings. The van der Waals surface area contributed by atoms with Crippen molar-refractivity contribution in [2.24, 2.45) is 0 Å². The third-order valence-corrected chi connectivity index (χ3v) is 4.23. The molecule has 0 spiro atoms. The smallest absolute Gasteiger partial charge is 0.293 e. The number of methoxy groups -OCH3 is 1. The lowest BCUT2D eigenvalue weighted by Gasteiger charge is -2.10. The molecule has 31 heavy (non-hydrogen) atoms. The van der Waals surface area contributed by atoms with Crippen molar-refractivity contribution in [2.45, 2.75) is 6.54 Å². The fraction of sp³-hybridized carbons (Fsp3) is 0.250. The van der Waals surface area contributed by atoms with E-state index in [1.54, 1.807) is 42.4 Å². The van der Waals surface area contributed by atoms with E-state index < -0.39 is 10.8 Å². The molecule has 0 unspecified atom stereocenters. The van der Waals surface area contributed by atoms with Gasteiger partial charge in [-0.15, -0.1) is 0 Å². The number of carbonyl (C=O) groups excluding carboxylic acids is 1. The summed E-state index contributed by atoms with van der Waals surface area (Å²) in [6.07, 6.45) is 3.04. The molecule has 2 aromatic carbocycles. The number of hydrogen-bond donors (Lipinski definition) is 2. The first-order valence-corrected chi connectivity index (χ1v) is 9.44. The zero-order valence-electron chi connectivity index (χ0n) is 16.9. The molecule has 0 fully saturated rings. The van der Waals surface area contributed by atoms with Crippen molar-refractivity contribution in [1.29, 1.82) is 0 Å². The Morgan fingerprint density at radius 3 is 2.84 bits per heavy atom. The average Bonchev–Trinajstić information content (AvgIpc) is 3.28. The number of nitrogens with zero attached hydrogens (tertiary/aromatic N) is 4. The van der Waals surface area contributed by atoms with Gasteiger partial charge in [-0.1, -0.05) is 6.07 Å². The lowest BCUT2D eigenvalue weighted by atomic mass is 10.1. The molecule has 2 N–H and O–H groups in total. The molecule has 0 atom stereocenters. The number of hydrogen-bond acceptors (Lipinski definition) is 8. The third kappa shape index (κ3) is 6.24. The molecule has 11 heteroatoms. The predicted molar refractivity (Wildman–Crippen MR) is 113 cm³/mol. The van der Waals surface area contributed by atoms with Crippen molar-refractivity contribution in [2.75, 3.05) is 37.5 Å². The largest absolute Gasteiger partial charge is 0.492 e. The van der Waals surface area contributed by atoms with E-state index in [0.29, 0.717) is 43.4 Å². The predicted octanol–water partition coefficient (Wildman–Crippen LogP) is 2.58. The van der Waals surface area contributed by atoms with Crippen LogP contribution in [0.3, 0.4) is 0 Å². The van der Waals surface area contributed by atoms with Crippen LogP contribution in [0.15, 0.2) is 55.1 Å². The third-order valence-electron chi connectivity index (χ3n) is 4.23. The zero-order valence-corrected chi connectivity index (χ0v) is 16.9. The minimum Gasteiger partial charge on any atom is -0.492 e. The van der Waals surface area contributed by atoms with Gasteiger partial charge in [0.1, 0.15) is 30.7 Å². The maximum absolute atomic E-state index is 12.6. The van der Waals surface area contributed by atoms with Crippen LogP contribution >= 0.6 is 0 Å². The van der Waals surface area contributed by atoms with Crippen LogP contribution in [0.2, 0.25) is 0 Å². The Kier molecular flexibility index (Phi) is 7.49. The summed E-state index contributed by atoms with van der Waals surface area (Å²) in [5.41, 5.74) is 0.810. The number of nitro benzene ring substituents is 1. The summed E-state index contributed by atoms with van der Waals surface area (Å²) in [6.45, 7) is 1.72. The minimum atomic E-state index is -0.532. The zero-order chi connectivity index (χ0) is 22.1. The van der Waals surface area contributed by atoms with Crippen molar-refractivity contribution in [1.82, 2.24) is 14.8 Å². The SMILES string of the molecule is COCCNc1ccc(C(=O)Nc2cccc(OCCn3cncn3)c2)cc1[N+](=O)[O-]. The Hall–Kier alpha value is -3.99. The number of nitro groups is 1. The Balaban J connectivity index is 1.63. The van der Waals surface area contributed by atoms with E-state index in [1.165, 1.54) is 24.5 Å². The average molecular weight is 426 g/mol. The van der Waals surface area contributed by atoms with Crippen molar-refractivity contribution < 1.29 is 19.2 Å². The molecule has 1 heterocycles. The van der Waals surface area contributed by atoms with Gasteiger partial charge in [-0.3, -0.25) is 14.9 Å². The van der Waals surface area contributed by atoms with Crippen molar-refractivity contribution in [3.63, 3.8) is 0 Å². The number of rotatable bonds is 11. The molecule has 0 aliphatic carbocycles. The van der Waals surface area contributed by atoms with Crippen LogP contribution in [-0.2, 0) is 11.3 Å². The Labute approximate surface area is 178 Å². The van der Waals surface area contributed by atoms with E-state index in [-0.39, 0.29) is 11.3 Å². The molecule has 0 radical (unpaired) electrons. The van der Waals surface area contributed by atoms with Gasteiger partial charge in [0, 0.05) is 37.0 Å². The number of anilines is 2. The molecule has 0 aliphatic rings. The van der Waals surface area contributed by atoms with Crippen LogP contribution in [-0.4, -0.2) is 52.5 Å². The van der Waals surface area contributed by atoms with Crippen molar-refractivity contribution >= 4 is 23.0 Å². The van der Waals surface area contributed by atoms with Gasteiger partial charge in [0.05, 0.1) is 18.1 Å².